The van der Waals surface area contributed by atoms with Crippen molar-refractivity contribution in [2.75, 3.05) is 38.3 Å². The fraction of sp³-hybridized carbons (Fsp3) is 0.562. The number of benzene rings is 1. The van der Waals surface area contributed by atoms with Crippen LogP contribution < -0.4 is 9.64 Å². The lowest BCUT2D eigenvalue weighted by atomic mass is 10.1. The summed E-state index contributed by atoms with van der Waals surface area (Å²) in [6.07, 6.45) is 3.61. The number of anilines is 1. The Kier molecular flexibility index (Phi) is 4.29. The van der Waals surface area contributed by atoms with E-state index in [-0.39, 0.29) is 12.1 Å². The van der Waals surface area contributed by atoms with Crippen LogP contribution in [0.15, 0.2) is 24.3 Å². The molecule has 2 aliphatic heterocycles. The molecule has 1 unspecified atom stereocenters. The molecule has 3 rings (SSSR count). The van der Waals surface area contributed by atoms with Gasteiger partial charge < -0.3 is 14.4 Å². The van der Waals surface area contributed by atoms with Crippen molar-refractivity contribution in [1.29, 1.82) is 0 Å². The van der Waals surface area contributed by atoms with E-state index in [0.29, 0.717) is 6.54 Å². The second-order valence-corrected chi connectivity index (χ2v) is 5.57. The molecule has 0 aromatic heterocycles. The molecule has 1 aromatic rings. The molecule has 114 valence electrons. The molecule has 0 bridgehead atoms. The Hall–Kier alpha value is -1.75. The molecule has 2 aliphatic rings. The Morgan fingerprint density at radius 2 is 2.05 bits per heavy atom. The third-order valence-electron chi connectivity index (χ3n) is 4.18. The van der Waals surface area contributed by atoms with E-state index >= 15 is 0 Å². The van der Waals surface area contributed by atoms with Gasteiger partial charge in [0, 0.05) is 31.9 Å². The normalized spacial score (nSPS) is 22.7. The van der Waals surface area contributed by atoms with Crippen molar-refractivity contribution < 1.29 is 14.3 Å². The van der Waals surface area contributed by atoms with E-state index < -0.39 is 0 Å². The predicted molar refractivity (Wildman–Crippen MR) is 80.9 cm³/mol. The van der Waals surface area contributed by atoms with E-state index in [2.05, 4.69) is 0 Å². The number of hydrogen-bond donors (Lipinski definition) is 0. The van der Waals surface area contributed by atoms with Crippen LogP contribution in [0.25, 0.3) is 0 Å². The van der Waals surface area contributed by atoms with Crippen LogP contribution in [0, 0.1) is 0 Å². The minimum absolute atomic E-state index is 0.0781. The van der Waals surface area contributed by atoms with Gasteiger partial charge in [-0.15, -0.1) is 0 Å². The van der Waals surface area contributed by atoms with Crippen LogP contribution in [-0.4, -0.2) is 50.4 Å². The molecule has 0 saturated carbocycles. The molecular formula is C16H22N2O3. The monoisotopic (exact) mass is 290 g/mol. The number of rotatable bonds is 4. The lowest BCUT2D eigenvalue weighted by Crippen LogP contribution is -2.39. The van der Waals surface area contributed by atoms with Gasteiger partial charge in [0.1, 0.15) is 5.75 Å². The molecule has 0 radical (unpaired) electrons. The van der Waals surface area contributed by atoms with E-state index in [4.69, 9.17) is 9.47 Å². The zero-order chi connectivity index (χ0) is 14.7. The summed E-state index contributed by atoms with van der Waals surface area (Å²) in [5.41, 5.74) is 0.924. The van der Waals surface area contributed by atoms with Crippen LogP contribution in [0.5, 0.6) is 5.75 Å². The Labute approximate surface area is 125 Å². The van der Waals surface area contributed by atoms with E-state index in [1.165, 1.54) is 6.42 Å². The van der Waals surface area contributed by atoms with Crippen molar-refractivity contribution >= 4 is 11.7 Å². The van der Waals surface area contributed by atoms with Crippen molar-refractivity contribution in [2.45, 2.75) is 25.4 Å². The summed E-state index contributed by atoms with van der Waals surface area (Å²) >= 11 is 0. The number of amides is 2. The molecule has 5 nitrogen and oxygen atoms in total. The fourth-order valence-electron chi connectivity index (χ4n) is 2.95. The van der Waals surface area contributed by atoms with Gasteiger partial charge in [-0.25, -0.2) is 4.79 Å². The number of hydrogen-bond acceptors (Lipinski definition) is 3. The zero-order valence-corrected chi connectivity index (χ0v) is 12.5. The minimum Gasteiger partial charge on any atom is -0.497 e. The van der Waals surface area contributed by atoms with Gasteiger partial charge in [0.05, 0.1) is 13.2 Å². The summed E-state index contributed by atoms with van der Waals surface area (Å²) < 4.78 is 10.9. The largest absolute Gasteiger partial charge is 0.497 e. The molecular weight excluding hydrogens is 268 g/mol. The summed E-state index contributed by atoms with van der Waals surface area (Å²) in [6.45, 7) is 3.04. The molecule has 0 aliphatic carbocycles. The van der Waals surface area contributed by atoms with Crippen LogP contribution in [0.4, 0.5) is 10.5 Å². The highest BCUT2D eigenvalue weighted by Gasteiger charge is 2.31. The van der Waals surface area contributed by atoms with Crippen LogP contribution in [0.2, 0.25) is 0 Å². The summed E-state index contributed by atoms with van der Waals surface area (Å²) in [5.74, 6) is 0.804. The van der Waals surface area contributed by atoms with E-state index in [9.17, 15) is 4.79 Å². The van der Waals surface area contributed by atoms with Crippen LogP contribution in [-0.2, 0) is 4.74 Å². The molecule has 0 spiro atoms. The van der Waals surface area contributed by atoms with Crippen molar-refractivity contribution in [3.8, 4) is 5.75 Å². The van der Waals surface area contributed by atoms with Gasteiger partial charge in [0.2, 0.25) is 0 Å². The van der Waals surface area contributed by atoms with Crippen molar-refractivity contribution in [3.63, 3.8) is 0 Å². The highest BCUT2D eigenvalue weighted by atomic mass is 16.5. The van der Waals surface area contributed by atoms with Gasteiger partial charge in [-0.3, -0.25) is 4.90 Å². The predicted octanol–water partition coefficient (Wildman–Crippen LogP) is 2.51. The molecule has 0 N–H and O–H groups in total. The Morgan fingerprint density at radius 3 is 2.71 bits per heavy atom. The molecule has 2 heterocycles. The van der Waals surface area contributed by atoms with Gasteiger partial charge in [-0.2, -0.15) is 0 Å². The molecule has 21 heavy (non-hydrogen) atoms. The van der Waals surface area contributed by atoms with Gasteiger partial charge in [0.15, 0.2) is 0 Å². The second-order valence-electron chi connectivity index (χ2n) is 5.57. The number of urea groups is 1. The van der Waals surface area contributed by atoms with Crippen molar-refractivity contribution in [1.82, 2.24) is 4.90 Å². The maximum absolute atomic E-state index is 12.5. The van der Waals surface area contributed by atoms with E-state index in [1.54, 1.807) is 7.11 Å². The summed E-state index contributed by atoms with van der Waals surface area (Å²) in [7, 11) is 1.64. The van der Waals surface area contributed by atoms with Gasteiger partial charge in [-0.1, -0.05) is 0 Å². The lowest BCUT2D eigenvalue weighted by molar-refractivity contribution is 0.00338. The molecule has 1 aromatic carbocycles. The lowest BCUT2D eigenvalue weighted by Gasteiger charge is -2.27. The summed E-state index contributed by atoms with van der Waals surface area (Å²) in [5, 5.41) is 0. The van der Waals surface area contributed by atoms with Crippen molar-refractivity contribution in [3.05, 3.63) is 24.3 Å². The van der Waals surface area contributed by atoms with E-state index in [1.807, 2.05) is 34.1 Å². The second kappa shape index (κ2) is 6.35. The topological polar surface area (TPSA) is 42.0 Å². The minimum atomic E-state index is 0.0781. The summed E-state index contributed by atoms with van der Waals surface area (Å²) in [4.78, 5) is 16.2. The quantitative estimate of drug-likeness (QED) is 0.855. The molecule has 1 atom stereocenters. The van der Waals surface area contributed by atoms with Crippen LogP contribution >= 0.6 is 0 Å². The molecule has 2 amide bonds. The van der Waals surface area contributed by atoms with Crippen LogP contribution in [0.1, 0.15) is 19.3 Å². The maximum atomic E-state index is 12.5. The standard InChI is InChI=1S/C16H22N2O3/c1-20-14-7-5-13(6-8-14)18-10-9-17(16(18)19)12-15-4-2-3-11-21-15/h5-8,15H,2-4,9-12H2,1H3. The number of ether oxygens (including phenoxy) is 2. The molecule has 2 saturated heterocycles. The summed E-state index contributed by atoms with van der Waals surface area (Å²) in [6, 6.07) is 7.70. The number of carbonyl (C=O) groups is 1. The zero-order valence-electron chi connectivity index (χ0n) is 12.5. The first-order valence-corrected chi connectivity index (χ1v) is 7.60. The first kappa shape index (κ1) is 14.2. The number of nitrogens with zero attached hydrogens (tertiary/aromatic N) is 2. The van der Waals surface area contributed by atoms with Crippen molar-refractivity contribution in [2.24, 2.45) is 0 Å². The Bertz CT molecular complexity index is 483. The third-order valence-corrected chi connectivity index (χ3v) is 4.18. The smallest absolute Gasteiger partial charge is 0.324 e. The number of carbonyl (C=O) groups excluding carboxylic acids is 1. The van der Waals surface area contributed by atoms with Gasteiger partial charge in [-0.05, 0) is 43.5 Å². The third kappa shape index (κ3) is 3.13. The number of methoxy groups -OCH3 is 1. The van der Waals surface area contributed by atoms with Gasteiger partial charge in [0.25, 0.3) is 0 Å². The van der Waals surface area contributed by atoms with E-state index in [0.717, 1.165) is 44.0 Å². The molecule has 2 fully saturated rings. The first-order chi connectivity index (χ1) is 10.3. The van der Waals surface area contributed by atoms with Gasteiger partial charge >= 0.3 is 6.03 Å². The maximum Gasteiger partial charge on any atom is 0.324 e. The Morgan fingerprint density at radius 1 is 1.24 bits per heavy atom. The molecule has 5 heteroatoms. The Balaban J connectivity index is 1.62. The fourth-order valence-corrected chi connectivity index (χ4v) is 2.95. The highest BCUT2D eigenvalue weighted by Crippen LogP contribution is 2.24. The van der Waals surface area contributed by atoms with Crippen LogP contribution in [0.3, 0.4) is 0 Å². The first-order valence-electron chi connectivity index (χ1n) is 7.60. The SMILES string of the molecule is COc1ccc(N2CCN(CC3CCCCO3)C2=O)cc1. The average molecular weight is 290 g/mol. The highest BCUT2D eigenvalue weighted by molar-refractivity contribution is 5.94. The average Bonchev–Trinajstić information content (AvgIpc) is 2.89.